The fourth-order valence-corrected chi connectivity index (χ4v) is 2.59. The van der Waals surface area contributed by atoms with Gasteiger partial charge in [0.2, 0.25) is 0 Å². The normalized spacial score (nSPS) is 17.7. The van der Waals surface area contributed by atoms with Gasteiger partial charge in [0.05, 0.1) is 23.3 Å². The molecule has 1 saturated heterocycles. The Morgan fingerprint density at radius 1 is 1.42 bits per heavy atom. The molecule has 2 amide bonds. The van der Waals surface area contributed by atoms with Crippen molar-refractivity contribution in [3.63, 3.8) is 0 Å². The number of nitrogens with zero attached hydrogens (tertiary/aromatic N) is 2. The highest BCUT2D eigenvalue weighted by Crippen LogP contribution is 2.26. The molecule has 1 aromatic heterocycles. The first-order valence-electron chi connectivity index (χ1n) is 7.38. The molecule has 3 rings (SSSR count). The molecule has 2 N–H and O–H groups in total. The van der Waals surface area contributed by atoms with E-state index in [4.69, 9.17) is 16.3 Å². The smallest absolute Gasteiger partial charge is 0.408 e. The quantitative estimate of drug-likeness (QED) is 0.823. The molecule has 1 aromatic carbocycles. The minimum atomic E-state index is -2.86. The van der Waals surface area contributed by atoms with Crippen LogP contribution in [-0.4, -0.2) is 34.4 Å². The van der Waals surface area contributed by atoms with Crippen LogP contribution in [0, 0.1) is 5.82 Å². The van der Waals surface area contributed by atoms with E-state index in [0.717, 1.165) is 12.3 Å². The molecule has 7 nitrogen and oxygen atoms in total. The van der Waals surface area contributed by atoms with Crippen LogP contribution < -0.4 is 10.6 Å². The maximum Gasteiger partial charge on any atom is 0.408 e. The number of alkyl halides is 2. The Morgan fingerprint density at radius 2 is 2.19 bits per heavy atom. The molecule has 2 heterocycles. The maximum atomic E-state index is 13.4. The Hall–Kier alpha value is -2.75. The third kappa shape index (κ3) is 3.74. The number of amides is 2. The molecule has 1 aliphatic rings. The largest absolute Gasteiger partial charge is 0.434 e. The van der Waals surface area contributed by atoms with E-state index in [0.29, 0.717) is 10.2 Å². The number of carbonyl (C=O) groups is 2. The molecule has 1 unspecified atom stereocenters. The minimum Gasteiger partial charge on any atom is -0.434 e. The Balaban J connectivity index is 1.91. The number of rotatable bonds is 5. The zero-order valence-corrected chi connectivity index (χ0v) is 13.7. The number of hydrogen-bond acceptors (Lipinski definition) is 4. The number of hydrogen-bond donors (Lipinski definition) is 2. The molecule has 0 radical (unpaired) electrons. The summed E-state index contributed by atoms with van der Waals surface area (Å²) in [6.45, 7) is -2.90. The Bertz CT molecular complexity index is 845. The highest BCUT2D eigenvalue weighted by molar-refractivity contribution is 6.30. The van der Waals surface area contributed by atoms with Crippen LogP contribution in [0.15, 0.2) is 30.5 Å². The molecule has 138 valence electrons. The summed E-state index contributed by atoms with van der Waals surface area (Å²) in [5.74, 6) is -1.34. The van der Waals surface area contributed by atoms with Crippen LogP contribution in [0.25, 0.3) is 0 Å². The number of aromatic nitrogens is 2. The van der Waals surface area contributed by atoms with E-state index in [1.165, 1.54) is 18.2 Å². The standard InChI is InChI=1S/C15H12ClF3N4O3/c16-8-5-7(1-2-9(8)17)12(10-3-4-23(22-10)14(18)19)21-13(24)11-6-20-15(25)26-11/h1-5,11-12,14H,6H2,(H,20,25)(H,21,24)/t11?,12-/m1/s1. The molecular formula is C15H12ClF3N4O3. The van der Waals surface area contributed by atoms with Crippen LogP contribution in [0.3, 0.4) is 0 Å². The molecule has 11 heteroatoms. The van der Waals surface area contributed by atoms with Crippen molar-refractivity contribution in [1.82, 2.24) is 20.4 Å². The number of carbonyl (C=O) groups excluding carboxylic acids is 2. The van der Waals surface area contributed by atoms with Gasteiger partial charge in [-0.15, -0.1) is 0 Å². The highest BCUT2D eigenvalue weighted by Gasteiger charge is 2.32. The van der Waals surface area contributed by atoms with Crippen LogP contribution in [-0.2, 0) is 9.53 Å². The van der Waals surface area contributed by atoms with Crippen molar-refractivity contribution in [1.29, 1.82) is 0 Å². The van der Waals surface area contributed by atoms with Gasteiger partial charge in [-0.25, -0.2) is 13.9 Å². The van der Waals surface area contributed by atoms with Gasteiger partial charge in [-0.2, -0.15) is 13.9 Å². The third-order valence-corrected chi connectivity index (χ3v) is 3.95. The first-order valence-corrected chi connectivity index (χ1v) is 7.76. The van der Waals surface area contributed by atoms with Crippen LogP contribution >= 0.6 is 11.6 Å². The van der Waals surface area contributed by atoms with Crippen LogP contribution in [0.2, 0.25) is 5.02 Å². The van der Waals surface area contributed by atoms with Crippen molar-refractivity contribution in [2.75, 3.05) is 6.54 Å². The fourth-order valence-electron chi connectivity index (χ4n) is 2.41. The summed E-state index contributed by atoms with van der Waals surface area (Å²) in [4.78, 5) is 23.4. The second kappa shape index (κ2) is 7.24. The van der Waals surface area contributed by atoms with Crippen molar-refractivity contribution in [2.45, 2.75) is 18.7 Å². The first-order chi connectivity index (χ1) is 12.3. The SMILES string of the molecule is O=C1NCC(C(=O)N[C@H](c2ccc(F)c(Cl)c2)c2ccn(C(F)F)n2)O1. The summed E-state index contributed by atoms with van der Waals surface area (Å²) < 4.78 is 44.2. The number of benzene rings is 1. The predicted octanol–water partition coefficient (Wildman–Crippen LogP) is 2.38. The topological polar surface area (TPSA) is 85.3 Å². The third-order valence-electron chi connectivity index (χ3n) is 3.66. The fraction of sp³-hybridized carbons (Fsp3) is 0.267. The van der Waals surface area contributed by atoms with E-state index in [9.17, 15) is 22.8 Å². The summed E-state index contributed by atoms with van der Waals surface area (Å²) in [5, 5.41) is 8.40. The molecule has 0 aliphatic carbocycles. The summed E-state index contributed by atoms with van der Waals surface area (Å²) in [7, 11) is 0. The Kier molecular flexibility index (Phi) is 5.03. The van der Waals surface area contributed by atoms with Crippen LogP contribution in [0.4, 0.5) is 18.0 Å². The Morgan fingerprint density at radius 3 is 2.77 bits per heavy atom. The maximum absolute atomic E-state index is 13.4. The number of alkyl carbamates (subject to hydrolysis) is 1. The van der Waals surface area contributed by atoms with Gasteiger partial charge in [-0.05, 0) is 23.8 Å². The van der Waals surface area contributed by atoms with E-state index < -0.39 is 36.5 Å². The Labute approximate surface area is 150 Å². The van der Waals surface area contributed by atoms with Gasteiger partial charge < -0.3 is 15.4 Å². The molecule has 26 heavy (non-hydrogen) atoms. The second-order valence-electron chi connectivity index (χ2n) is 5.39. The lowest BCUT2D eigenvalue weighted by atomic mass is 10.0. The van der Waals surface area contributed by atoms with Gasteiger partial charge in [-0.1, -0.05) is 17.7 Å². The molecular weight excluding hydrogens is 377 g/mol. The van der Waals surface area contributed by atoms with E-state index >= 15 is 0 Å². The van der Waals surface area contributed by atoms with Gasteiger partial charge in [0.15, 0.2) is 6.10 Å². The van der Waals surface area contributed by atoms with Crippen LogP contribution in [0.1, 0.15) is 23.8 Å². The first kappa shape index (κ1) is 18.1. The van der Waals surface area contributed by atoms with Crippen molar-refractivity contribution >= 4 is 23.6 Å². The van der Waals surface area contributed by atoms with Gasteiger partial charge in [0.1, 0.15) is 5.82 Å². The number of halogens is 4. The summed E-state index contributed by atoms with van der Waals surface area (Å²) in [6, 6.07) is 3.96. The molecule has 1 fully saturated rings. The van der Waals surface area contributed by atoms with Gasteiger partial charge in [0.25, 0.3) is 5.91 Å². The molecule has 0 saturated carbocycles. The molecule has 0 bridgehead atoms. The van der Waals surface area contributed by atoms with E-state index in [-0.39, 0.29) is 17.3 Å². The van der Waals surface area contributed by atoms with Crippen molar-refractivity contribution in [3.05, 3.63) is 52.6 Å². The van der Waals surface area contributed by atoms with Crippen molar-refractivity contribution in [3.8, 4) is 0 Å². The average molecular weight is 389 g/mol. The lowest BCUT2D eigenvalue weighted by Crippen LogP contribution is -2.39. The second-order valence-corrected chi connectivity index (χ2v) is 5.80. The van der Waals surface area contributed by atoms with E-state index in [2.05, 4.69) is 15.7 Å². The summed E-state index contributed by atoms with van der Waals surface area (Å²) in [6.07, 6.45) is -0.784. The minimum absolute atomic E-state index is 0.0347. The van der Waals surface area contributed by atoms with Crippen molar-refractivity contribution in [2.24, 2.45) is 0 Å². The predicted molar refractivity (Wildman–Crippen MR) is 83.1 cm³/mol. The summed E-state index contributed by atoms with van der Waals surface area (Å²) in [5.41, 5.74) is 0.403. The van der Waals surface area contributed by atoms with E-state index in [1.807, 2.05) is 0 Å². The average Bonchev–Trinajstić information content (AvgIpc) is 3.24. The summed E-state index contributed by atoms with van der Waals surface area (Å²) >= 11 is 5.77. The zero-order valence-electron chi connectivity index (χ0n) is 13.0. The molecule has 2 aromatic rings. The van der Waals surface area contributed by atoms with Crippen LogP contribution in [0.5, 0.6) is 0 Å². The van der Waals surface area contributed by atoms with Crippen molar-refractivity contribution < 1.29 is 27.5 Å². The van der Waals surface area contributed by atoms with Gasteiger partial charge in [0, 0.05) is 6.20 Å². The van der Waals surface area contributed by atoms with Gasteiger partial charge >= 0.3 is 12.6 Å². The molecule has 1 aliphatic heterocycles. The van der Waals surface area contributed by atoms with E-state index in [1.54, 1.807) is 0 Å². The molecule has 0 spiro atoms. The zero-order chi connectivity index (χ0) is 18.8. The number of nitrogens with one attached hydrogen (secondary N) is 2. The lowest BCUT2D eigenvalue weighted by Gasteiger charge is -2.19. The van der Waals surface area contributed by atoms with Gasteiger partial charge in [-0.3, -0.25) is 4.79 Å². The number of cyclic esters (lactones) is 1. The number of ether oxygens (including phenoxy) is 1. The highest BCUT2D eigenvalue weighted by atomic mass is 35.5. The monoisotopic (exact) mass is 388 g/mol. The molecule has 2 atom stereocenters. The lowest BCUT2D eigenvalue weighted by molar-refractivity contribution is -0.128.